The van der Waals surface area contributed by atoms with Crippen LogP contribution in [0.4, 0.5) is 0 Å². The smallest absolute Gasteiger partial charge is 0.0652 e. The molecule has 0 aromatic rings. The average molecular weight is 378 g/mol. The Morgan fingerprint density at radius 2 is 0.722 bits per heavy atom. The van der Waals surface area contributed by atoms with Gasteiger partial charge in [0.2, 0.25) is 0 Å². The SMILES string of the molecule is CCCC[P+](CCCC)(CCCC)CCCC.[Sn+4]. The van der Waals surface area contributed by atoms with Gasteiger partial charge in [-0.05, 0) is 25.7 Å². The quantitative estimate of drug-likeness (QED) is 0.296. The summed E-state index contributed by atoms with van der Waals surface area (Å²) in [5, 5.41) is 0. The fourth-order valence-corrected chi connectivity index (χ4v) is 7.93. The van der Waals surface area contributed by atoms with Gasteiger partial charge in [0.15, 0.2) is 0 Å². The molecule has 0 heterocycles. The van der Waals surface area contributed by atoms with Gasteiger partial charge in [-0.15, -0.1) is 0 Å². The van der Waals surface area contributed by atoms with E-state index in [4.69, 9.17) is 0 Å². The molecule has 0 aliphatic carbocycles. The van der Waals surface area contributed by atoms with Crippen molar-refractivity contribution in [2.75, 3.05) is 24.6 Å². The molecule has 0 aliphatic rings. The van der Waals surface area contributed by atoms with Crippen LogP contribution < -0.4 is 0 Å². The molecule has 0 unspecified atom stereocenters. The van der Waals surface area contributed by atoms with Crippen LogP contribution in [0.2, 0.25) is 0 Å². The van der Waals surface area contributed by atoms with E-state index < -0.39 is 7.26 Å². The molecule has 0 radical (unpaired) electrons. The third-order valence-corrected chi connectivity index (χ3v) is 9.00. The van der Waals surface area contributed by atoms with Gasteiger partial charge >= 0.3 is 23.9 Å². The van der Waals surface area contributed by atoms with Gasteiger partial charge in [-0.2, -0.15) is 0 Å². The molecule has 0 saturated heterocycles. The molecule has 0 N–H and O–H groups in total. The third kappa shape index (κ3) is 10.1. The zero-order valence-electron chi connectivity index (χ0n) is 13.4. The van der Waals surface area contributed by atoms with Crippen molar-refractivity contribution in [1.29, 1.82) is 0 Å². The van der Waals surface area contributed by atoms with Crippen molar-refractivity contribution in [3.63, 3.8) is 0 Å². The van der Waals surface area contributed by atoms with Gasteiger partial charge in [0.25, 0.3) is 0 Å². The van der Waals surface area contributed by atoms with E-state index in [0.717, 1.165) is 0 Å². The Labute approximate surface area is 134 Å². The second-order valence-electron chi connectivity index (χ2n) is 5.65. The van der Waals surface area contributed by atoms with Gasteiger partial charge < -0.3 is 0 Å². The number of unbranched alkanes of at least 4 members (excludes halogenated alkanes) is 4. The Kier molecular flexibility index (Phi) is 17.5. The molecule has 0 saturated carbocycles. The van der Waals surface area contributed by atoms with E-state index in [1.165, 1.54) is 51.4 Å². The normalized spacial score (nSPS) is 11.3. The second kappa shape index (κ2) is 14.6. The fourth-order valence-electron chi connectivity index (χ4n) is 2.64. The first-order chi connectivity index (χ1) is 8.24. The van der Waals surface area contributed by atoms with Crippen LogP contribution in [0.25, 0.3) is 0 Å². The van der Waals surface area contributed by atoms with Crippen LogP contribution in [-0.2, 0) is 0 Å². The third-order valence-electron chi connectivity index (χ3n) is 3.94. The molecule has 0 rings (SSSR count). The summed E-state index contributed by atoms with van der Waals surface area (Å²) in [6.45, 7) is 9.42. The molecule has 0 amide bonds. The van der Waals surface area contributed by atoms with Crippen LogP contribution in [-0.4, -0.2) is 48.6 Å². The predicted octanol–water partition coefficient (Wildman–Crippen LogP) is 5.82. The minimum absolute atomic E-state index is 0. The van der Waals surface area contributed by atoms with Crippen LogP contribution in [0.1, 0.15) is 79.1 Å². The first-order valence-corrected chi connectivity index (χ1v) is 10.6. The Morgan fingerprint density at radius 3 is 0.889 bits per heavy atom. The molecular formula is C16H36PSn+5. The number of hydrogen-bond donors (Lipinski definition) is 0. The maximum Gasteiger partial charge on any atom is 4.00 e. The van der Waals surface area contributed by atoms with Crippen molar-refractivity contribution in [1.82, 2.24) is 0 Å². The summed E-state index contributed by atoms with van der Waals surface area (Å²) in [5.74, 6) is 0. The Hall–Kier alpha value is 1.23. The Morgan fingerprint density at radius 1 is 0.500 bits per heavy atom. The van der Waals surface area contributed by atoms with Crippen molar-refractivity contribution < 1.29 is 0 Å². The molecular weight excluding hydrogens is 342 g/mol. The predicted molar refractivity (Wildman–Crippen MR) is 91.8 cm³/mol. The van der Waals surface area contributed by atoms with E-state index in [-0.39, 0.29) is 23.9 Å². The summed E-state index contributed by atoms with van der Waals surface area (Å²) in [6, 6.07) is 0. The maximum absolute atomic E-state index is 2.36. The molecule has 0 aromatic carbocycles. The van der Waals surface area contributed by atoms with E-state index in [1.807, 2.05) is 0 Å². The van der Waals surface area contributed by atoms with E-state index in [0.29, 0.717) is 0 Å². The molecule has 104 valence electrons. The maximum atomic E-state index is 2.36. The molecule has 0 fully saturated rings. The van der Waals surface area contributed by atoms with Crippen LogP contribution >= 0.6 is 7.26 Å². The summed E-state index contributed by atoms with van der Waals surface area (Å²) >= 11 is 0. The van der Waals surface area contributed by atoms with Gasteiger partial charge in [-0.25, -0.2) is 0 Å². The molecule has 0 aliphatic heterocycles. The molecule has 0 atom stereocenters. The first kappa shape index (κ1) is 21.5. The molecule has 0 nitrogen and oxygen atoms in total. The number of rotatable bonds is 12. The van der Waals surface area contributed by atoms with Crippen molar-refractivity contribution in [3.8, 4) is 0 Å². The molecule has 0 aromatic heterocycles. The zero-order chi connectivity index (χ0) is 13.0. The molecule has 18 heavy (non-hydrogen) atoms. The van der Waals surface area contributed by atoms with E-state index in [2.05, 4.69) is 27.7 Å². The summed E-state index contributed by atoms with van der Waals surface area (Å²) in [7, 11) is -0.562. The van der Waals surface area contributed by atoms with Crippen molar-refractivity contribution in [2.45, 2.75) is 79.1 Å². The molecule has 2 heteroatoms. The number of hydrogen-bond acceptors (Lipinski definition) is 0. The Balaban J connectivity index is 0. The van der Waals surface area contributed by atoms with Crippen molar-refractivity contribution >= 4 is 31.2 Å². The van der Waals surface area contributed by atoms with Gasteiger partial charge in [0.05, 0.1) is 24.6 Å². The van der Waals surface area contributed by atoms with Gasteiger partial charge in [-0.3, -0.25) is 0 Å². The van der Waals surface area contributed by atoms with E-state index in [1.54, 1.807) is 24.6 Å². The van der Waals surface area contributed by atoms with Gasteiger partial charge in [0.1, 0.15) is 0 Å². The molecule has 0 spiro atoms. The summed E-state index contributed by atoms with van der Waals surface area (Å²) in [6.07, 6.45) is 17.9. The fraction of sp³-hybridized carbons (Fsp3) is 1.00. The van der Waals surface area contributed by atoms with Gasteiger partial charge in [0, 0.05) is 7.26 Å². The van der Waals surface area contributed by atoms with Crippen molar-refractivity contribution in [3.05, 3.63) is 0 Å². The zero-order valence-corrected chi connectivity index (χ0v) is 17.2. The minimum atomic E-state index is -0.562. The van der Waals surface area contributed by atoms with Crippen LogP contribution in [0, 0.1) is 0 Å². The largest absolute Gasteiger partial charge is 4.00 e. The van der Waals surface area contributed by atoms with E-state index >= 15 is 0 Å². The monoisotopic (exact) mass is 379 g/mol. The standard InChI is InChI=1S/C16H36P.Sn/c1-5-9-13-17(14-10-6-2,15-11-7-3)16-12-8-4;/h5-16H2,1-4H3;/q+1;+4. The summed E-state index contributed by atoms with van der Waals surface area (Å²) in [5.41, 5.74) is 0. The van der Waals surface area contributed by atoms with E-state index in [9.17, 15) is 0 Å². The summed E-state index contributed by atoms with van der Waals surface area (Å²) < 4.78 is 0. The van der Waals surface area contributed by atoms with Crippen LogP contribution in [0.5, 0.6) is 0 Å². The minimum Gasteiger partial charge on any atom is -0.0652 e. The van der Waals surface area contributed by atoms with Gasteiger partial charge in [-0.1, -0.05) is 53.4 Å². The van der Waals surface area contributed by atoms with Crippen LogP contribution in [0.3, 0.4) is 0 Å². The second-order valence-corrected chi connectivity index (χ2v) is 10.1. The Bertz CT molecular complexity index is 122. The first-order valence-electron chi connectivity index (χ1n) is 8.09. The van der Waals surface area contributed by atoms with Crippen molar-refractivity contribution in [2.24, 2.45) is 0 Å². The van der Waals surface area contributed by atoms with Crippen LogP contribution in [0.15, 0.2) is 0 Å². The summed E-state index contributed by atoms with van der Waals surface area (Å²) in [4.78, 5) is 0. The average Bonchev–Trinajstić information content (AvgIpc) is 2.37. The molecule has 0 bridgehead atoms. The topological polar surface area (TPSA) is 0 Å².